The van der Waals surface area contributed by atoms with Gasteiger partial charge in [0.2, 0.25) is 5.89 Å². The number of carbonyl (C=O) groups excluding carboxylic acids is 1. The fraction of sp³-hybridized carbons (Fsp3) is 0. The maximum Gasteiger partial charge on any atom is 0.291 e. The Kier molecular flexibility index (Phi) is 5.10. The van der Waals surface area contributed by atoms with Crippen LogP contribution >= 0.6 is 27.5 Å². The highest BCUT2D eigenvalue weighted by Crippen LogP contribution is 2.31. The van der Waals surface area contributed by atoms with Gasteiger partial charge in [0, 0.05) is 15.6 Å². The lowest BCUT2D eigenvalue weighted by atomic mass is 10.2. The summed E-state index contributed by atoms with van der Waals surface area (Å²) in [6, 6.07) is 23.7. The highest BCUT2D eigenvalue weighted by molar-refractivity contribution is 9.10. The summed E-state index contributed by atoms with van der Waals surface area (Å²) >= 11 is 9.71. The molecule has 0 radical (unpaired) electrons. The second kappa shape index (κ2) is 8.06. The Morgan fingerprint density at radius 1 is 0.903 bits per heavy atom. The zero-order chi connectivity index (χ0) is 21.4. The molecule has 0 unspecified atom stereocenters. The summed E-state index contributed by atoms with van der Waals surface area (Å²) in [7, 11) is 0. The van der Waals surface area contributed by atoms with Crippen LogP contribution in [0.2, 0.25) is 5.02 Å². The Hall–Kier alpha value is -3.35. The van der Waals surface area contributed by atoms with E-state index in [0.29, 0.717) is 33.5 Å². The van der Waals surface area contributed by atoms with Crippen molar-refractivity contribution >= 4 is 50.2 Å². The molecule has 0 atom stereocenters. The fourth-order valence-corrected chi connectivity index (χ4v) is 3.59. The molecule has 7 heteroatoms. The second-order valence-electron chi connectivity index (χ2n) is 6.81. The zero-order valence-corrected chi connectivity index (χ0v) is 18.3. The molecule has 0 saturated carbocycles. The molecule has 0 fully saturated rings. The average Bonchev–Trinajstić information content (AvgIpc) is 3.43. The third-order valence-corrected chi connectivity index (χ3v) is 5.57. The molecular formula is C24H14BrClN2O3. The first kappa shape index (κ1) is 19.6. The van der Waals surface area contributed by atoms with E-state index in [0.717, 1.165) is 15.6 Å². The van der Waals surface area contributed by atoms with Crippen molar-refractivity contribution < 1.29 is 13.6 Å². The Morgan fingerprint density at radius 3 is 2.48 bits per heavy atom. The monoisotopic (exact) mass is 492 g/mol. The lowest BCUT2D eigenvalue weighted by Crippen LogP contribution is -2.11. The van der Waals surface area contributed by atoms with Gasteiger partial charge in [0.25, 0.3) is 5.91 Å². The van der Waals surface area contributed by atoms with Crippen LogP contribution in [0.15, 0.2) is 92.2 Å². The number of nitrogens with one attached hydrogen (secondary N) is 1. The SMILES string of the molecule is O=C(Nc1cc(-c2nc3ccccc3o2)ccc1Cl)c1ccc(-c2ccc(Br)cc2)o1. The molecule has 5 rings (SSSR count). The Balaban J connectivity index is 1.40. The van der Waals surface area contributed by atoms with Gasteiger partial charge in [0.1, 0.15) is 11.3 Å². The van der Waals surface area contributed by atoms with E-state index in [1.165, 1.54) is 0 Å². The maximum atomic E-state index is 12.7. The number of rotatable bonds is 4. The van der Waals surface area contributed by atoms with E-state index in [4.69, 9.17) is 20.4 Å². The van der Waals surface area contributed by atoms with Crippen molar-refractivity contribution in [3.8, 4) is 22.8 Å². The molecule has 5 aromatic rings. The van der Waals surface area contributed by atoms with Crippen molar-refractivity contribution in [1.82, 2.24) is 4.98 Å². The number of oxazole rings is 1. The molecule has 0 aliphatic carbocycles. The zero-order valence-electron chi connectivity index (χ0n) is 15.9. The van der Waals surface area contributed by atoms with Crippen LogP contribution in [-0.2, 0) is 0 Å². The minimum absolute atomic E-state index is 0.182. The van der Waals surface area contributed by atoms with Gasteiger partial charge in [-0.05, 0) is 54.6 Å². The highest BCUT2D eigenvalue weighted by atomic mass is 79.9. The minimum Gasteiger partial charge on any atom is -0.451 e. The van der Waals surface area contributed by atoms with E-state index in [9.17, 15) is 4.79 Å². The first-order chi connectivity index (χ1) is 15.1. The summed E-state index contributed by atoms with van der Waals surface area (Å²) in [4.78, 5) is 17.2. The van der Waals surface area contributed by atoms with Gasteiger partial charge in [-0.2, -0.15) is 0 Å². The smallest absolute Gasteiger partial charge is 0.291 e. The number of fused-ring (bicyclic) bond motifs is 1. The van der Waals surface area contributed by atoms with Crippen LogP contribution in [0.25, 0.3) is 33.9 Å². The Bertz CT molecular complexity index is 1370. The molecule has 0 aliphatic rings. The van der Waals surface area contributed by atoms with Crippen LogP contribution in [0.3, 0.4) is 0 Å². The standard InChI is InChI=1S/C24H14BrClN2O3/c25-16-8-5-14(6-9-16)20-11-12-22(30-20)23(29)27-19-13-15(7-10-17(19)26)24-28-18-3-1-2-4-21(18)31-24/h1-13H,(H,27,29). The van der Waals surface area contributed by atoms with E-state index < -0.39 is 5.91 Å². The normalized spacial score (nSPS) is 11.0. The number of hydrogen-bond donors (Lipinski definition) is 1. The van der Waals surface area contributed by atoms with Gasteiger partial charge >= 0.3 is 0 Å². The average molecular weight is 494 g/mol. The van der Waals surface area contributed by atoms with Gasteiger partial charge in [0.05, 0.1) is 10.7 Å². The molecule has 0 spiro atoms. The number of benzene rings is 3. The Morgan fingerprint density at radius 2 is 1.68 bits per heavy atom. The quantitative estimate of drug-likeness (QED) is 0.283. The number of nitrogens with zero attached hydrogens (tertiary/aromatic N) is 1. The number of carbonyl (C=O) groups is 1. The number of para-hydroxylation sites is 2. The van der Waals surface area contributed by atoms with Crippen LogP contribution in [0.1, 0.15) is 10.6 Å². The fourth-order valence-electron chi connectivity index (χ4n) is 3.16. The van der Waals surface area contributed by atoms with Gasteiger partial charge in [-0.25, -0.2) is 4.98 Å². The molecule has 0 bridgehead atoms. The molecule has 1 amide bonds. The predicted octanol–water partition coefficient (Wildman–Crippen LogP) is 7.42. The third-order valence-electron chi connectivity index (χ3n) is 4.71. The van der Waals surface area contributed by atoms with E-state index >= 15 is 0 Å². The van der Waals surface area contributed by atoms with E-state index in [-0.39, 0.29) is 5.76 Å². The second-order valence-corrected chi connectivity index (χ2v) is 8.13. The maximum absolute atomic E-state index is 12.7. The summed E-state index contributed by atoms with van der Waals surface area (Å²) < 4.78 is 12.5. The third kappa shape index (κ3) is 4.00. The van der Waals surface area contributed by atoms with Gasteiger partial charge in [-0.15, -0.1) is 0 Å². The number of anilines is 1. The topological polar surface area (TPSA) is 68.3 Å². The summed E-state index contributed by atoms with van der Waals surface area (Å²) in [6.07, 6.45) is 0. The van der Waals surface area contributed by atoms with Crippen molar-refractivity contribution in [3.05, 3.63) is 94.1 Å². The molecule has 0 aliphatic heterocycles. The van der Waals surface area contributed by atoms with Crippen molar-refractivity contribution in [1.29, 1.82) is 0 Å². The number of hydrogen-bond acceptors (Lipinski definition) is 4. The van der Waals surface area contributed by atoms with E-state index in [2.05, 4.69) is 26.2 Å². The molecule has 152 valence electrons. The highest BCUT2D eigenvalue weighted by Gasteiger charge is 2.16. The first-order valence-corrected chi connectivity index (χ1v) is 10.6. The van der Waals surface area contributed by atoms with E-state index in [1.807, 2.05) is 48.5 Å². The molecular weight excluding hydrogens is 480 g/mol. The number of furan rings is 1. The predicted molar refractivity (Wildman–Crippen MR) is 124 cm³/mol. The van der Waals surface area contributed by atoms with Crippen LogP contribution < -0.4 is 5.32 Å². The summed E-state index contributed by atoms with van der Waals surface area (Å²) in [5.41, 5.74) is 3.46. The van der Waals surface area contributed by atoms with E-state index in [1.54, 1.807) is 30.3 Å². The van der Waals surface area contributed by atoms with Gasteiger partial charge in [-0.3, -0.25) is 4.79 Å². The van der Waals surface area contributed by atoms with Crippen LogP contribution in [0.4, 0.5) is 5.69 Å². The van der Waals surface area contributed by atoms with Crippen molar-refractivity contribution in [2.75, 3.05) is 5.32 Å². The molecule has 2 aromatic heterocycles. The van der Waals surface area contributed by atoms with Crippen molar-refractivity contribution in [2.45, 2.75) is 0 Å². The van der Waals surface area contributed by atoms with Gasteiger partial charge in [-0.1, -0.05) is 51.8 Å². The summed E-state index contributed by atoms with van der Waals surface area (Å²) in [5, 5.41) is 3.20. The van der Waals surface area contributed by atoms with Gasteiger partial charge in [0.15, 0.2) is 11.3 Å². The summed E-state index contributed by atoms with van der Waals surface area (Å²) in [6.45, 7) is 0. The molecule has 3 aromatic carbocycles. The van der Waals surface area contributed by atoms with Crippen molar-refractivity contribution in [3.63, 3.8) is 0 Å². The molecule has 5 nitrogen and oxygen atoms in total. The largest absolute Gasteiger partial charge is 0.451 e. The lowest BCUT2D eigenvalue weighted by Gasteiger charge is -2.07. The number of aromatic nitrogens is 1. The molecule has 31 heavy (non-hydrogen) atoms. The number of amides is 1. The van der Waals surface area contributed by atoms with Crippen LogP contribution in [0.5, 0.6) is 0 Å². The molecule has 1 N–H and O–H groups in total. The van der Waals surface area contributed by atoms with Crippen LogP contribution in [-0.4, -0.2) is 10.9 Å². The Labute approximate surface area is 190 Å². The number of halogens is 2. The molecule has 0 saturated heterocycles. The molecule has 2 heterocycles. The van der Waals surface area contributed by atoms with Crippen molar-refractivity contribution in [2.24, 2.45) is 0 Å². The minimum atomic E-state index is -0.403. The van der Waals surface area contributed by atoms with Gasteiger partial charge < -0.3 is 14.2 Å². The summed E-state index contributed by atoms with van der Waals surface area (Å²) in [5.74, 6) is 0.828. The lowest BCUT2D eigenvalue weighted by molar-refractivity contribution is 0.0997. The first-order valence-electron chi connectivity index (χ1n) is 9.39. The van der Waals surface area contributed by atoms with Crippen LogP contribution in [0, 0.1) is 0 Å².